The van der Waals surface area contributed by atoms with Gasteiger partial charge in [0, 0.05) is 37.8 Å². The molecule has 0 aromatic rings. The number of nitrogens with zero attached hydrogens (tertiary/aromatic N) is 1. The lowest BCUT2D eigenvalue weighted by Gasteiger charge is -2.30. The molecule has 0 spiro atoms. The summed E-state index contributed by atoms with van der Waals surface area (Å²) in [6.07, 6.45) is 3.15. The quantitative estimate of drug-likeness (QED) is 0.333. The highest BCUT2D eigenvalue weighted by molar-refractivity contribution is 7.89. The van der Waals surface area contributed by atoms with Crippen LogP contribution in [0.2, 0.25) is 0 Å². The SMILES string of the molecule is C[C@@H](CN(C[C@H](C)NS(C)(=O)=O)C[C@H](C)NS(C)(=O)=O)NS(C)(=O)=O. The number of hydrogen-bond donors (Lipinski definition) is 3. The van der Waals surface area contributed by atoms with Crippen molar-refractivity contribution < 1.29 is 25.3 Å². The van der Waals surface area contributed by atoms with Gasteiger partial charge in [0.05, 0.1) is 18.8 Å². The molecule has 0 amide bonds. The smallest absolute Gasteiger partial charge is 0.208 e. The van der Waals surface area contributed by atoms with Gasteiger partial charge in [-0.25, -0.2) is 39.4 Å². The Hall–Kier alpha value is -0.310. The van der Waals surface area contributed by atoms with Gasteiger partial charge in [-0.2, -0.15) is 0 Å². The van der Waals surface area contributed by atoms with E-state index in [0.717, 1.165) is 18.8 Å². The lowest BCUT2D eigenvalue weighted by atomic mass is 10.2. The van der Waals surface area contributed by atoms with Gasteiger partial charge in [-0.3, -0.25) is 4.90 Å². The van der Waals surface area contributed by atoms with Crippen LogP contribution in [0.3, 0.4) is 0 Å². The van der Waals surface area contributed by atoms with Crippen LogP contribution >= 0.6 is 0 Å². The zero-order valence-electron chi connectivity index (χ0n) is 15.5. The largest absolute Gasteiger partial charge is 0.299 e. The van der Waals surface area contributed by atoms with E-state index in [-0.39, 0.29) is 0 Å². The molecule has 0 rings (SSSR count). The van der Waals surface area contributed by atoms with Crippen LogP contribution in [0.25, 0.3) is 0 Å². The summed E-state index contributed by atoms with van der Waals surface area (Å²) in [6, 6.07) is -1.28. The Balaban J connectivity index is 5.03. The monoisotopic (exact) mass is 422 g/mol. The van der Waals surface area contributed by atoms with Crippen LogP contribution in [-0.4, -0.2) is 86.7 Å². The highest BCUT2D eigenvalue weighted by atomic mass is 32.2. The van der Waals surface area contributed by atoms with Gasteiger partial charge < -0.3 is 0 Å². The van der Waals surface area contributed by atoms with E-state index in [9.17, 15) is 25.3 Å². The Labute approximate surface area is 151 Å². The van der Waals surface area contributed by atoms with E-state index < -0.39 is 48.2 Å². The van der Waals surface area contributed by atoms with Crippen molar-refractivity contribution in [2.45, 2.75) is 38.9 Å². The molecule has 0 bridgehead atoms. The molecule has 0 fully saturated rings. The van der Waals surface area contributed by atoms with E-state index in [0.29, 0.717) is 19.6 Å². The molecule has 0 aliphatic heterocycles. The summed E-state index contributed by atoms with van der Waals surface area (Å²) >= 11 is 0. The van der Waals surface area contributed by atoms with Crippen molar-refractivity contribution >= 4 is 30.1 Å². The first kappa shape index (κ1) is 24.7. The van der Waals surface area contributed by atoms with Gasteiger partial charge in [0.2, 0.25) is 30.1 Å². The lowest BCUT2D eigenvalue weighted by molar-refractivity contribution is 0.226. The molecular weight excluding hydrogens is 392 g/mol. The summed E-state index contributed by atoms with van der Waals surface area (Å²) in [5.74, 6) is 0. The molecule has 0 heterocycles. The van der Waals surface area contributed by atoms with Crippen LogP contribution in [-0.2, 0) is 30.1 Å². The molecule has 0 saturated heterocycles. The van der Waals surface area contributed by atoms with E-state index in [1.165, 1.54) is 0 Å². The fourth-order valence-electron chi connectivity index (χ4n) is 2.59. The van der Waals surface area contributed by atoms with E-state index >= 15 is 0 Å². The van der Waals surface area contributed by atoms with E-state index in [1.807, 2.05) is 0 Å². The number of rotatable bonds is 12. The van der Waals surface area contributed by atoms with Crippen LogP contribution in [0.5, 0.6) is 0 Å². The average Bonchev–Trinajstić information content (AvgIpc) is 2.18. The average molecular weight is 423 g/mol. The van der Waals surface area contributed by atoms with Crippen LogP contribution in [0.15, 0.2) is 0 Å². The van der Waals surface area contributed by atoms with Crippen molar-refractivity contribution in [3.05, 3.63) is 0 Å². The fourth-order valence-corrected chi connectivity index (χ4v) is 5.01. The van der Waals surface area contributed by atoms with E-state index in [2.05, 4.69) is 14.2 Å². The van der Waals surface area contributed by atoms with Crippen molar-refractivity contribution in [2.24, 2.45) is 0 Å². The van der Waals surface area contributed by atoms with Crippen LogP contribution in [0.4, 0.5) is 0 Å². The molecular formula is C12H30N4O6S3. The maximum absolute atomic E-state index is 11.3. The minimum atomic E-state index is -3.38. The summed E-state index contributed by atoms with van der Waals surface area (Å²) in [7, 11) is -10.1. The summed E-state index contributed by atoms with van der Waals surface area (Å²) in [5.41, 5.74) is 0. The molecule has 0 saturated carbocycles. The van der Waals surface area contributed by atoms with Gasteiger partial charge in [0.25, 0.3) is 0 Å². The number of nitrogens with one attached hydrogen (secondary N) is 3. The third-order valence-corrected chi connectivity index (χ3v) is 5.33. The zero-order chi connectivity index (χ0) is 20.1. The third-order valence-electron chi connectivity index (χ3n) is 2.84. The summed E-state index contributed by atoms with van der Waals surface area (Å²) in [6.45, 7) is 5.90. The second-order valence-corrected chi connectivity index (χ2v) is 11.9. The standard InChI is InChI=1S/C12H30N4O6S3/c1-10(13-23(4,17)18)7-16(8-11(2)14-24(5,19)20)9-12(3)15-25(6,21)22/h10-15H,7-9H2,1-6H3/t10-,11-,12-/m0/s1. The molecule has 0 aliphatic rings. The number of hydrogen-bond acceptors (Lipinski definition) is 7. The Morgan fingerprint density at radius 3 is 0.960 bits per heavy atom. The molecule has 25 heavy (non-hydrogen) atoms. The van der Waals surface area contributed by atoms with Crippen molar-refractivity contribution in [1.82, 2.24) is 19.1 Å². The molecule has 0 radical (unpaired) electrons. The molecule has 152 valence electrons. The minimum Gasteiger partial charge on any atom is -0.299 e. The van der Waals surface area contributed by atoms with Gasteiger partial charge in [0.15, 0.2) is 0 Å². The maximum atomic E-state index is 11.3. The maximum Gasteiger partial charge on any atom is 0.208 e. The van der Waals surface area contributed by atoms with Crippen molar-refractivity contribution in [3.63, 3.8) is 0 Å². The van der Waals surface area contributed by atoms with E-state index in [1.54, 1.807) is 25.7 Å². The topological polar surface area (TPSA) is 142 Å². The third kappa shape index (κ3) is 15.6. The first-order chi connectivity index (χ1) is 11.0. The van der Waals surface area contributed by atoms with Gasteiger partial charge in [-0.05, 0) is 20.8 Å². The zero-order valence-corrected chi connectivity index (χ0v) is 17.9. The molecule has 0 aromatic heterocycles. The molecule has 0 aromatic carbocycles. The van der Waals surface area contributed by atoms with Gasteiger partial charge in [-0.15, -0.1) is 0 Å². The van der Waals surface area contributed by atoms with Gasteiger partial charge >= 0.3 is 0 Å². The molecule has 13 heteroatoms. The highest BCUT2D eigenvalue weighted by Crippen LogP contribution is 2.01. The Kier molecular flexibility index (Phi) is 9.46. The number of sulfonamides is 3. The molecule has 0 aliphatic carbocycles. The molecule has 3 N–H and O–H groups in total. The minimum absolute atomic E-state index is 0.290. The lowest BCUT2D eigenvalue weighted by Crippen LogP contribution is -2.50. The predicted molar refractivity (Wildman–Crippen MR) is 98.8 cm³/mol. The fraction of sp³-hybridized carbons (Fsp3) is 1.00. The summed E-state index contributed by atoms with van der Waals surface area (Å²) in [5, 5.41) is 0. The van der Waals surface area contributed by atoms with Gasteiger partial charge in [-0.1, -0.05) is 0 Å². The molecule has 10 nitrogen and oxygen atoms in total. The van der Waals surface area contributed by atoms with E-state index in [4.69, 9.17) is 0 Å². The Morgan fingerprint density at radius 1 is 0.600 bits per heavy atom. The first-order valence-electron chi connectivity index (χ1n) is 7.61. The van der Waals surface area contributed by atoms with Crippen molar-refractivity contribution in [1.29, 1.82) is 0 Å². The van der Waals surface area contributed by atoms with Crippen LogP contribution in [0, 0.1) is 0 Å². The predicted octanol–water partition coefficient (Wildman–Crippen LogP) is -1.90. The Bertz CT molecular complexity index is 620. The second-order valence-electron chi connectivity index (χ2n) is 6.59. The Morgan fingerprint density at radius 2 is 0.800 bits per heavy atom. The summed E-state index contributed by atoms with van der Waals surface area (Å²) in [4.78, 5) is 1.80. The van der Waals surface area contributed by atoms with Crippen molar-refractivity contribution in [3.8, 4) is 0 Å². The summed E-state index contributed by atoms with van der Waals surface area (Å²) < 4.78 is 75.3. The normalized spacial score (nSPS) is 17.4. The second kappa shape index (κ2) is 9.58. The van der Waals surface area contributed by atoms with Gasteiger partial charge in [0.1, 0.15) is 0 Å². The molecule has 3 atom stereocenters. The molecule has 0 unspecified atom stereocenters. The van der Waals surface area contributed by atoms with Crippen LogP contribution in [0.1, 0.15) is 20.8 Å². The highest BCUT2D eigenvalue weighted by Gasteiger charge is 2.20. The van der Waals surface area contributed by atoms with Crippen LogP contribution < -0.4 is 14.2 Å². The first-order valence-corrected chi connectivity index (χ1v) is 13.3. The van der Waals surface area contributed by atoms with Crippen molar-refractivity contribution in [2.75, 3.05) is 38.4 Å².